The predicted molar refractivity (Wildman–Crippen MR) is 115 cm³/mol. The molecule has 8 heteroatoms. The summed E-state index contributed by atoms with van der Waals surface area (Å²) in [5.41, 5.74) is 1.90. The minimum atomic E-state index is -0.131. The molecular weight excluding hydrogens is 467 g/mol. The lowest BCUT2D eigenvalue weighted by Gasteiger charge is -2.18. The quantitative estimate of drug-likeness (QED) is 0.347. The summed E-state index contributed by atoms with van der Waals surface area (Å²) in [6, 6.07) is 7.65. The molecule has 0 amide bonds. The Morgan fingerprint density at radius 2 is 2.12 bits per heavy atom. The summed E-state index contributed by atoms with van der Waals surface area (Å²) in [7, 11) is 1.68. The van der Waals surface area contributed by atoms with Crippen molar-refractivity contribution < 1.29 is 9.15 Å². The van der Waals surface area contributed by atoms with Gasteiger partial charge in [0, 0.05) is 25.2 Å². The van der Waals surface area contributed by atoms with Crippen molar-refractivity contribution in [3.8, 4) is 0 Å². The summed E-state index contributed by atoms with van der Waals surface area (Å²) in [6.45, 7) is 7.52. The molecule has 0 saturated carbocycles. The van der Waals surface area contributed by atoms with Gasteiger partial charge in [0.1, 0.15) is 12.3 Å². The summed E-state index contributed by atoms with van der Waals surface area (Å²) in [6.07, 6.45) is -0.131. The lowest BCUT2D eigenvalue weighted by atomic mass is 10.1. The molecular formula is C18H26ClIN4O2. The highest BCUT2D eigenvalue weighted by Crippen LogP contribution is 2.19. The molecule has 1 aromatic heterocycles. The maximum absolute atomic E-state index is 6.06. The van der Waals surface area contributed by atoms with E-state index in [1.807, 2.05) is 45.0 Å². The van der Waals surface area contributed by atoms with E-state index in [9.17, 15) is 0 Å². The lowest BCUT2D eigenvalue weighted by molar-refractivity contribution is 0.106. The first-order valence-corrected chi connectivity index (χ1v) is 8.64. The molecule has 0 aliphatic heterocycles. The monoisotopic (exact) mass is 492 g/mol. The van der Waals surface area contributed by atoms with Gasteiger partial charge in [-0.3, -0.25) is 0 Å². The fourth-order valence-electron chi connectivity index (χ4n) is 2.33. The van der Waals surface area contributed by atoms with Crippen LogP contribution in [0.4, 0.5) is 0 Å². The van der Waals surface area contributed by atoms with Crippen LogP contribution >= 0.6 is 35.6 Å². The first-order valence-electron chi connectivity index (χ1n) is 8.26. The Balaban J connectivity index is 0.00000338. The van der Waals surface area contributed by atoms with Gasteiger partial charge in [-0.25, -0.2) is 9.98 Å². The number of aromatic nitrogens is 1. The number of hydrogen-bond donors (Lipinski definition) is 2. The number of ether oxygens (including phenoxy) is 1. The topological polar surface area (TPSA) is 71.7 Å². The second-order valence-corrected chi connectivity index (χ2v) is 6.04. The van der Waals surface area contributed by atoms with Crippen molar-refractivity contribution in [3.05, 3.63) is 52.2 Å². The number of nitrogens with one attached hydrogen (secondary N) is 2. The third-order valence-corrected chi connectivity index (χ3v) is 3.98. The molecule has 0 spiro atoms. The van der Waals surface area contributed by atoms with Crippen molar-refractivity contribution in [2.75, 3.05) is 20.2 Å². The number of benzene rings is 1. The summed E-state index contributed by atoms with van der Waals surface area (Å²) in [5, 5.41) is 7.18. The Bertz CT molecular complexity index is 701. The summed E-state index contributed by atoms with van der Waals surface area (Å²) >= 11 is 6.06. The molecule has 0 aliphatic rings. The zero-order valence-corrected chi connectivity index (χ0v) is 18.6. The van der Waals surface area contributed by atoms with Crippen LogP contribution in [0.15, 0.2) is 33.7 Å². The third kappa shape index (κ3) is 6.77. The first-order chi connectivity index (χ1) is 12.0. The SMILES string of the molecule is CCNC(=NCc1nc(C)c(C)o1)NCC(OC)c1cccc(Cl)c1.I. The van der Waals surface area contributed by atoms with Crippen LogP contribution in [0, 0.1) is 13.8 Å². The van der Waals surface area contributed by atoms with Crippen molar-refractivity contribution in [2.24, 2.45) is 4.99 Å². The minimum absolute atomic E-state index is 0. The molecule has 2 aromatic rings. The Morgan fingerprint density at radius 3 is 2.69 bits per heavy atom. The van der Waals surface area contributed by atoms with Crippen LogP contribution in [-0.4, -0.2) is 31.1 Å². The van der Waals surface area contributed by atoms with Crippen LogP contribution in [0.3, 0.4) is 0 Å². The highest BCUT2D eigenvalue weighted by Gasteiger charge is 2.12. The fraction of sp³-hybridized carbons (Fsp3) is 0.444. The summed E-state index contributed by atoms with van der Waals surface area (Å²) < 4.78 is 11.1. The van der Waals surface area contributed by atoms with Gasteiger partial charge in [-0.2, -0.15) is 0 Å². The zero-order valence-electron chi connectivity index (χ0n) is 15.5. The van der Waals surface area contributed by atoms with Gasteiger partial charge < -0.3 is 19.8 Å². The summed E-state index contributed by atoms with van der Waals surface area (Å²) in [5.74, 6) is 2.11. The third-order valence-electron chi connectivity index (χ3n) is 3.75. The predicted octanol–water partition coefficient (Wildman–Crippen LogP) is 4.01. The Morgan fingerprint density at radius 1 is 1.35 bits per heavy atom. The van der Waals surface area contributed by atoms with Crippen molar-refractivity contribution >= 4 is 41.5 Å². The average Bonchev–Trinajstić information content (AvgIpc) is 2.91. The number of aliphatic imine (C=N–C) groups is 1. The van der Waals surface area contributed by atoms with Gasteiger partial charge in [0.05, 0.1) is 11.8 Å². The molecule has 144 valence electrons. The molecule has 2 rings (SSSR count). The van der Waals surface area contributed by atoms with Crippen molar-refractivity contribution in [1.29, 1.82) is 0 Å². The van der Waals surface area contributed by atoms with Gasteiger partial charge in [0.15, 0.2) is 5.96 Å². The van der Waals surface area contributed by atoms with Crippen LogP contribution in [0.25, 0.3) is 0 Å². The number of guanidine groups is 1. The molecule has 0 radical (unpaired) electrons. The van der Waals surface area contributed by atoms with Crippen LogP contribution in [0.5, 0.6) is 0 Å². The Labute approximate surface area is 176 Å². The van der Waals surface area contributed by atoms with E-state index in [0.29, 0.717) is 30.0 Å². The maximum Gasteiger partial charge on any atom is 0.216 e. The van der Waals surface area contributed by atoms with Gasteiger partial charge in [-0.15, -0.1) is 24.0 Å². The molecule has 1 atom stereocenters. The molecule has 0 aliphatic carbocycles. The Hall–Kier alpha value is -1.32. The van der Waals surface area contributed by atoms with E-state index in [2.05, 4.69) is 20.6 Å². The number of methoxy groups -OCH3 is 1. The molecule has 0 saturated heterocycles. The molecule has 2 N–H and O–H groups in total. The van der Waals surface area contributed by atoms with Gasteiger partial charge in [-0.05, 0) is 38.5 Å². The molecule has 0 fully saturated rings. The maximum atomic E-state index is 6.06. The van der Waals surface area contributed by atoms with Crippen molar-refractivity contribution in [3.63, 3.8) is 0 Å². The number of rotatable bonds is 7. The van der Waals surface area contributed by atoms with Gasteiger partial charge >= 0.3 is 0 Å². The molecule has 1 heterocycles. The molecule has 26 heavy (non-hydrogen) atoms. The highest BCUT2D eigenvalue weighted by atomic mass is 127. The zero-order chi connectivity index (χ0) is 18.2. The number of aryl methyl sites for hydroxylation is 2. The number of nitrogens with zero attached hydrogens (tertiary/aromatic N) is 2. The molecule has 0 bridgehead atoms. The summed E-state index contributed by atoms with van der Waals surface area (Å²) in [4.78, 5) is 8.85. The van der Waals surface area contributed by atoms with E-state index >= 15 is 0 Å². The number of oxazole rings is 1. The van der Waals surface area contributed by atoms with Crippen LogP contribution in [0.2, 0.25) is 5.02 Å². The standard InChI is InChI=1S/C18H25ClN4O2.HI/c1-5-20-18(22-11-17-23-12(2)13(3)25-17)21-10-16(24-4)14-7-6-8-15(19)9-14;/h6-9,16H,5,10-11H2,1-4H3,(H2,20,21,22);1H. The van der Waals surface area contributed by atoms with E-state index in [-0.39, 0.29) is 30.1 Å². The van der Waals surface area contributed by atoms with Gasteiger partial charge in [0.2, 0.25) is 5.89 Å². The van der Waals surface area contributed by atoms with Gasteiger partial charge in [0.25, 0.3) is 0 Å². The van der Waals surface area contributed by atoms with E-state index in [1.165, 1.54) is 0 Å². The fourth-order valence-corrected chi connectivity index (χ4v) is 2.53. The average molecular weight is 493 g/mol. The molecule has 6 nitrogen and oxygen atoms in total. The lowest BCUT2D eigenvalue weighted by Crippen LogP contribution is -2.39. The normalized spacial score (nSPS) is 12.4. The van der Waals surface area contributed by atoms with Gasteiger partial charge in [-0.1, -0.05) is 23.7 Å². The second-order valence-electron chi connectivity index (χ2n) is 5.60. The Kier molecular flexibility index (Phi) is 9.97. The van der Waals surface area contributed by atoms with Crippen molar-refractivity contribution in [1.82, 2.24) is 15.6 Å². The van der Waals surface area contributed by atoms with Crippen molar-refractivity contribution in [2.45, 2.75) is 33.4 Å². The number of halogens is 2. The van der Waals surface area contributed by atoms with Crippen LogP contribution in [-0.2, 0) is 11.3 Å². The van der Waals surface area contributed by atoms with Crippen LogP contribution in [0.1, 0.15) is 35.9 Å². The van der Waals surface area contributed by atoms with E-state index in [0.717, 1.165) is 23.6 Å². The molecule has 1 aromatic carbocycles. The van der Waals surface area contributed by atoms with E-state index in [4.69, 9.17) is 20.8 Å². The smallest absolute Gasteiger partial charge is 0.216 e. The largest absolute Gasteiger partial charge is 0.444 e. The van der Waals surface area contributed by atoms with E-state index < -0.39 is 0 Å². The van der Waals surface area contributed by atoms with Crippen LogP contribution < -0.4 is 10.6 Å². The molecule has 1 unspecified atom stereocenters. The van der Waals surface area contributed by atoms with E-state index in [1.54, 1.807) is 7.11 Å². The highest BCUT2D eigenvalue weighted by molar-refractivity contribution is 14.0. The first kappa shape index (κ1) is 22.7. The second kappa shape index (κ2) is 11.4. The minimum Gasteiger partial charge on any atom is -0.444 e. The number of hydrogen-bond acceptors (Lipinski definition) is 4.